The van der Waals surface area contributed by atoms with Crippen LogP contribution in [-0.4, -0.2) is 28.4 Å². The third kappa shape index (κ3) is 3.13. The number of rotatable bonds is 6. The van der Waals surface area contributed by atoms with Gasteiger partial charge in [0.25, 0.3) is 0 Å². The van der Waals surface area contributed by atoms with Crippen molar-refractivity contribution in [2.75, 3.05) is 19.0 Å². The Balaban J connectivity index is 1.68. The predicted octanol–water partition coefficient (Wildman–Crippen LogP) is 2.94. The number of fused-ring (bicyclic) bond motifs is 1. The van der Waals surface area contributed by atoms with Gasteiger partial charge in [0, 0.05) is 37.1 Å². The van der Waals surface area contributed by atoms with Crippen molar-refractivity contribution in [3.05, 3.63) is 48.9 Å². The van der Waals surface area contributed by atoms with Crippen LogP contribution < -0.4 is 10.1 Å². The van der Waals surface area contributed by atoms with Crippen molar-refractivity contribution in [2.24, 2.45) is 0 Å². The Bertz CT molecular complexity index is 709. The van der Waals surface area contributed by atoms with E-state index in [0.29, 0.717) is 0 Å². The van der Waals surface area contributed by atoms with Crippen molar-refractivity contribution in [3.8, 4) is 5.75 Å². The highest BCUT2D eigenvalue weighted by atomic mass is 16.5. The molecule has 108 valence electrons. The molecule has 1 aromatic carbocycles. The van der Waals surface area contributed by atoms with Crippen LogP contribution in [0.5, 0.6) is 5.75 Å². The molecule has 3 aromatic rings. The first-order valence-electron chi connectivity index (χ1n) is 7.01. The van der Waals surface area contributed by atoms with Crippen LogP contribution in [0, 0.1) is 0 Å². The molecule has 0 fully saturated rings. The first-order chi connectivity index (χ1) is 10.4. The molecule has 0 spiro atoms. The summed E-state index contributed by atoms with van der Waals surface area (Å²) >= 11 is 0. The molecular weight excluding hydrogens is 264 g/mol. The third-order valence-electron chi connectivity index (χ3n) is 3.39. The van der Waals surface area contributed by atoms with Crippen molar-refractivity contribution >= 4 is 16.6 Å². The number of ether oxygens (including phenoxy) is 1. The Hall–Kier alpha value is -2.56. The van der Waals surface area contributed by atoms with Crippen LogP contribution in [-0.2, 0) is 6.54 Å². The molecule has 2 aromatic heterocycles. The van der Waals surface area contributed by atoms with Gasteiger partial charge in [0.05, 0.1) is 7.11 Å². The van der Waals surface area contributed by atoms with Gasteiger partial charge < -0.3 is 10.1 Å². The minimum atomic E-state index is 0.843. The number of pyridine rings is 1. The molecule has 0 saturated heterocycles. The summed E-state index contributed by atoms with van der Waals surface area (Å²) in [6, 6.07) is 9.96. The van der Waals surface area contributed by atoms with E-state index in [1.807, 2.05) is 47.4 Å². The fraction of sp³-hybridized carbons (Fsp3) is 0.250. The Morgan fingerprint density at radius 1 is 1.24 bits per heavy atom. The molecule has 2 heterocycles. The summed E-state index contributed by atoms with van der Waals surface area (Å²) in [4.78, 5) is 4.43. The Morgan fingerprint density at radius 3 is 3.00 bits per heavy atom. The molecular formula is C16H18N4O. The van der Waals surface area contributed by atoms with Gasteiger partial charge in [-0.15, -0.1) is 0 Å². The highest BCUT2D eigenvalue weighted by molar-refractivity contribution is 5.92. The van der Waals surface area contributed by atoms with Gasteiger partial charge in [-0.1, -0.05) is 6.07 Å². The van der Waals surface area contributed by atoms with E-state index in [2.05, 4.69) is 15.4 Å². The normalized spacial score (nSPS) is 10.7. The lowest BCUT2D eigenvalue weighted by Gasteiger charge is -2.10. The average molecular weight is 282 g/mol. The Labute approximate surface area is 123 Å². The summed E-state index contributed by atoms with van der Waals surface area (Å²) in [7, 11) is 1.68. The predicted molar refractivity (Wildman–Crippen MR) is 83.6 cm³/mol. The monoisotopic (exact) mass is 282 g/mol. The molecule has 0 bridgehead atoms. The average Bonchev–Trinajstić information content (AvgIpc) is 3.04. The van der Waals surface area contributed by atoms with E-state index in [4.69, 9.17) is 4.74 Å². The van der Waals surface area contributed by atoms with Crippen LogP contribution in [0.25, 0.3) is 10.8 Å². The third-order valence-corrected chi connectivity index (χ3v) is 3.39. The summed E-state index contributed by atoms with van der Waals surface area (Å²) < 4.78 is 7.22. The molecule has 0 aliphatic rings. The van der Waals surface area contributed by atoms with E-state index < -0.39 is 0 Å². The van der Waals surface area contributed by atoms with Crippen molar-refractivity contribution in [1.82, 2.24) is 14.8 Å². The molecule has 0 aliphatic heterocycles. The van der Waals surface area contributed by atoms with E-state index in [-0.39, 0.29) is 0 Å². The van der Waals surface area contributed by atoms with E-state index in [1.165, 1.54) is 0 Å². The molecule has 5 heteroatoms. The van der Waals surface area contributed by atoms with Gasteiger partial charge in [0.1, 0.15) is 11.6 Å². The summed E-state index contributed by atoms with van der Waals surface area (Å²) in [6.07, 6.45) is 6.58. The van der Waals surface area contributed by atoms with Crippen LogP contribution in [0.15, 0.2) is 48.9 Å². The quantitative estimate of drug-likeness (QED) is 0.706. The van der Waals surface area contributed by atoms with E-state index in [1.54, 1.807) is 13.3 Å². The summed E-state index contributed by atoms with van der Waals surface area (Å²) in [5.74, 6) is 1.74. The van der Waals surface area contributed by atoms with Crippen molar-refractivity contribution in [2.45, 2.75) is 13.0 Å². The summed E-state index contributed by atoms with van der Waals surface area (Å²) in [6.45, 7) is 1.75. The lowest BCUT2D eigenvalue weighted by molar-refractivity contribution is 0.415. The van der Waals surface area contributed by atoms with Crippen LogP contribution in [0.4, 0.5) is 5.82 Å². The molecule has 0 saturated carbocycles. The maximum Gasteiger partial charge on any atom is 0.133 e. The number of anilines is 1. The standard InChI is InChI=1S/C16H18N4O/c1-21-14-5-4-13-6-9-18-16(15(13)12-14)17-7-2-10-20-11-3-8-19-20/h3-6,8-9,11-12H,2,7,10H2,1H3,(H,17,18). The van der Waals surface area contributed by atoms with Gasteiger partial charge in [-0.3, -0.25) is 4.68 Å². The van der Waals surface area contributed by atoms with Crippen LogP contribution >= 0.6 is 0 Å². The molecule has 0 aliphatic carbocycles. The molecule has 3 rings (SSSR count). The number of aromatic nitrogens is 3. The molecule has 5 nitrogen and oxygen atoms in total. The second-order valence-electron chi connectivity index (χ2n) is 4.80. The molecule has 0 amide bonds. The minimum Gasteiger partial charge on any atom is -0.497 e. The fourth-order valence-electron chi connectivity index (χ4n) is 2.30. The molecule has 0 radical (unpaired) electrons. The summed E-state index contributed by atoms with van der Waals surface area (Å²) in [5.41, 5.74) is 0. The van der Waals surface area contributed by atoms with Gasteiger partial charge >= 0.3 is 0 Å². The lowest BCUT2D eigenvalue weighted by atomic mass is 10.1. The fourth-order valence-corrected chi connectivity index (χ4v) is 2.30. The number of benzene rings is 1. The molecule has 0 unspecified atom stereocenters. The highest BCUT2D eigenvalue weighted by Crippen LogP contribution is 2.25. The van der Waals surface area contributed by atoms with E-state index >= 15 is 0 Å². The second-order valence-corrected chi connectivity index (χ2v) is 4.80. The maximum atomic E-state index is 5.28. The SMILES string of the molecule is COc1ccc2ccnc(NCCCn3cccn3)c2c1. The van der Waals surface area contributed by atoms with Crippen LogP contribution in [0.2, 0.25) is 0 Å². The zero-order valence-electron chi connectivity index (χ0n) is 12.0. The topological polar surface area (TPSA) is 52.0 Å². The van der Waals surface area contributed by atoms with E-state index in [0.717, 1.165) is 41.9 Å². The zero-order valence-corrected chi connectivity index (χ0v) is 12.0. The van der Waals surface area contributed by atoms with Gasteiger partial charge in [-0.2, -0.15) is 5.10 Å². The zero-order chi connectivity index (χ0) is 14.5. The highest BCUT2D eigenvalue weighted by Gasteiger charge is 2.03. The van der Waals surface area contributed by atoms with Gasteiger partial charge in [-0.25, -0.2) is 4.98 Å². The molecule has 0 atom stereocenters. The molecule has 1 N–H and O–H groups in total. The van der Waals surface area contributed by atoms with E-state index in [9.17, 15) is 0 Å². The minimum absolute atomic E-state index is 0.843. The van der Waals surface area contributed by atoms with Crippen molar-refractivity contribution in [1.29, 1.82) is 0 Å². The Morgan fingerprint density at radius 2 is 2.19 bits per heavy atom. The number of hydrogen-bond donors (Lipinski definition) is 1. The second kappa shape index (κ2) is 6.26. The number of nitrogens with one attached hydrogen (secondary N) is 1. The largest absolute Gasteiger partial charge is 0.497 e. The first-order valence-corrected chi connectivity index (χ1v) is 7.01. The van der Waals surface area contributed by atoms with Crippen molar-refractivity contribution in [3.63, 3.8) is 0 Å². The van der Waals surface area contributed by atoms with Gasteiger partial charge in [-0.05, 0) is 36.1 Å². The van der Waals surface area contributed by atoms with Crippen LogP contribution in [0.1, 0.15) is 6.42 Å². The summed E-state index contributed by atoms with van der Waals surface area (Å²) in [5, 5.41) is 9.82. The lowest BCUT2D eigenvalue weighted by Crippen LogP contribution is -2.08. The number of aryl methyl sites for hydroxylation is 1. The first kappa shape index (κ1) is 13.4. The maximum absolute atomic E-state index is 5.28. The number of methoxy groups -OCH3 is 1. The number of hydrogen-bond acceptors (Lipinski definition) is 4. The molecule has 21 heavy (non-hydrogen) atoms. The van der Waals surface area contributed by atoms with Crippen molar-refractivity contribution < 1.29 is 4.74 Å². The number of nitrogens with zero attached hydrogens (tertiary/aromatic N) is 3. The smallest absolute Gasteiger partial charge is 0.133 e. The van der Waals surface area contributed by atoms with Crippen LogP contribution in [0.3, 0.4) is 0 Å². The van der Waals surface area contributed by atoms with Gasteiger partial charge in [0.2, 0.25) is 0 Å². The van der Waals surface area contributed by atoms with Gasteiger partial charge in [0.15, 0.2) is 0 Å². The Kier molecular flexibility index (Phi) is 4.00.